The predicted molar refractivity (Wildman–Crippen MR) is 83.2 cm³/mol. The lowest BCUT2D eigenvalue weighted by Gasteiger charge is -2.29. The Morgan fingerprint density at radius 3 is 2.95 bits per heavy atom. The highest BCUT2D eigenvalue weighted by molar-refractivity contribution is 5.69. The first kappa shape index (κ1) is 15.9. The van der Waals surface area contributed by atoms with Crippen molar-refractivity contribution in [3.63, 3.8) is 0 Å². The molecule has 0 radical (unpaired) electrons. The summed E-state index contributed by atoms with van der Waals surface area (Å²) in [6, 6.07) is 4.53. The molecule has 0 aromatic carbocycles. The number of nitrogens with one attached hydrogen (secondary N) is 2. The molecule has 2 rings (SSSR count). The van der Waals surface area contributed by atoms with Crippen molar-refractivity contribution in [1.29, 1.82) is 0 Å². The standard InChI is InChI=1S/C16H27N3O2/c1-12(14-8-5-9-17-14)18-11-13-7-6-10-19(13)15(20)21-16(2,3)4/h5,8-9,12-13,17-18H,6-7,10-11H2,1-4H3/t12-,13-/m0/s1. The number of likely N-dealkylation sites (tertiary alicyclic amines) is 1. The molecular weight excluding hydrogens is 266 g/mol. The van der Waals surface area contributed by atoms with Crippen LogP contribution in [0.1, 0.15) is 52.3 Å². The van der Waals surface area contributed by atoms with E-state index in [1.54, 1.807) is 0 Å². The van der Waals surface area contributed by atoms with E-state index in [1.165, 1.54) is 0 Å². The lowest BCUT2D eigenvalue weighted by Crippen LogP contribution is -2.44. The third kappa shape index (κ3) is 4.49. The summed E-state index contributed by atoms with van der Waals surface area (Å²) in [5, 5.41) is 3.49. The number of carbonyl (C=O) groups excluding carboxylic acids is 1. The minimum atomic E-state index is -0.435. The summed E-state index contributed by atoms with van der Waals surface area (Å²) in [5.41, 5.74) is 0.728. The van der Waals surface area contributed by atoms with Crippen molar-refractivity contribution in [3.8, 4) is 0 Å². The number of hydrogen-bond acceptors (Lipinski definition) is 3. The van der Waals surface area contributed by atoms with Gasteiger partial charge in [-0.25, -0.2) is 4.79 Å². The molecule has 0 bridgehead atoms. The Labute approximate surface area is 127 Å². The van der Waals surface area contributed by atoms with Crippen LogP contribution in [0.3, 0.4) is 0 Å². The zero-order chi connectivity index (χ0) is 15.5. The third-order valence-corrected chi connectivity index (χ3v) is 3.75. The summed E-state index contributed by atoms with van der Waals surface area (Å²) in [5.74, 6) is 0. The molecule has 1 amide bonds. The number of amides is 1. The minimum absolute atomic E-state index is 0.195. The second-order valence-electron chi connectivity index (χ2n) is 6.73. The molecule has 0 aliphatic carbocycles. The monoisotopic (exact) mass is 293 g/mol. The molecule has 5 nitrogen and oxygen atoms in total. The second-order valence-corrected chi connectivity index (χ2v) is 6.73. The Balaban J connectivity index is 1.86. The predicted octanol–water partition coefficient (Wildman–Crippen LogP) is 3.06. The molecule has 1 saturated heterocycles. The number of nitrogens with zero attached hydrogens (tertiary/aromatic N) is 1. The van der Waals surface area contributed by atoms with E-state index in [9.17, 15) is 4.79 Å². The van der Waals surface area contributed by atoms with Crippen LogP contribution < -0.4 is 5.32 Å². The van der Waals surface area contributed by atoms with Gasteiger partial charge in [0.15, 0.2) is 0 Å². The smallest absolute Gasteiger partial charge is 0.410 e. The average molecular weight is 293 g/mol. The summed E-state index contributed by atoms with van der Waals surface area (Å²) in [7, 11) is 0. The molecule has 21 heavy (non-hydrogen) atoms. The molecule has 1 aromatic heterocycles. The topological polar surface area (TPSA) is 57.4 Å². The number of aromatic amines is 1. The van der Waals surface area contributed by atoms with E-state index in [0.29, 0.717) is 0 Å². The quantitative estimate of drug-likeness (QED) is 0.897. The Morgan fingerprint density at radius 2 is 2.33 bits per heavy atom. The molecule has 2 atom stereocenters. The highest BCUT2D eigenvalue weighted by Gasteiger charge is 2.32. The van der Waals surface area contributed by atoms with E-state index in [4.69, 9.17) is 4.74 Å². The van der Waals surface area contributed by atoms with Crippen molar-refractivity contribution in [2.75, 3.05) is 13.1 Å². The fraction of sp³-hybridized carbons (Fsp3) is 0.688. The van der Waals surface area contributed by atoms with E-state index < -0.39 is 5.60 Å². The molecule has 1 fully saturated rings. The highest BCUT2D eigenvalue weighted by Crippen LogP contribution is 2.21. The maximum absolute atomic E-state index is 12.2. The molecule has 2 N–H and O–H groups in total. The van der Waals surface area contributed by atoms with Gasteiger partial charge in [-0.05, 0) is 52.7 Å². The fourth-order valence-electron chi connectivity index (χ4n) is 2.65. The second kappa shape index (κ2) is 6.52. The summed E-state index contributed by atoms with van der Waals surface area (Å²) < 4.78 is 5.48. The van der Waals surface area contributed by atoms with E-state index in [-0.39, 0.29) is 18.2 Å². The normalized spacial score (nSPS) is 20.6. The number of H-pyrrole nitrogens is 1. The van der Waals surface area contributed by atoms with Crippen LogP contribution in [0.4, 0.5) is 4.79 Å². The van der Waals surface area contributed by atoms with E-state index in [0.717, 1.165) is 31.6 Å². The van der Waals surface area contributed by atoms with Gasteiger partial charge in [-0.2, -0.15) is 0 Å². The highest BCUT2D eigenvalue weighted by atomic mass is 16.6. The maximum Gasteiger partial charge on any atom is 0.410 e. The number of ether oxygens (including phenoxy) is 1. The van der Waals surface area contributed by atoms with Crippen molar-refractivity contribution in [3.05, 3.63) is 24.0 Å². The molecule has 1 aliphatic heterocycles. The Bertz CT molecular complexity index is 451. The molecule has 118 valence electrons. The van der Waals surface area contributed by atoms with Gasteiger partial charge in [-0.1, -0.05) is 0 Å². The van der Waals surface area contributed by atoms with Crippen LogP contribution in [0.5, 0.6) is 0 Å². The van der Waals surface area contributed by atoms with Crippen LogP contribution in [0.25, 0.3) is 0 Å². The van der Waals surface area contributed by atoms with Crippen molar-refractivity contribution in [1.82, 2.24) is 15.2 Å². The summed E-state index contributed by atoms with van der Waals surface area (Å²) >= 11 is 0. The van der Waals surface area contributed by atoms with Gasteiger partial charge in [0, 0.05) is 37.1 Å². The molecule has 2 heterocycles. The van der Waals surface area contributed by atoms with Crippen LogP contribution >= 0.6 is 0 Å². The molecule has 5 heteroatoms. The maximum atomic E-state index is 12.2. The minimum Gasteiger partial charge on any atom is -0.444 e. The van der Waals surface area contributed by atoms with Gasteiger partial charge >= 0.3 is 6.09 Å². The largest absolute Gasteiger partial charge is 0.444 e. The number of rotatable bonds is 4. The summed E-state index contributed by atoms with van der Waals surface area (Å²) in [6.07, 6.45) is 3.81. The van der Waals surface area contributed by atoms with Gasteiger partial charge in [-0.15, -0.1) is 0 Å². The molecule has 0 unspecified atom stereocenters. The van der Waals surface area contributed by atoms with E-state index in [1.807, 2.05) is 37.9 Å². The van der Waals surface area contributed by atoms with Crippen LogP contribution in [0.2, 0.25) is 0 Å². The summed E-state index contributed by atoms with van der Waals surface area (Å²) in [4.78, 5) is 17.3. The third-order valence-electron chi connectivity index (χ3n) is 3.75. The zero-order valence-corrected chi connectivity index (χ0v) is 13.5. The number of aromatic nitrogens is 1. The fourth-order valence-corrected chi connectivity index (χ4v) is 2.65. The van der Waals surface area contributed by atoms with Gasteiger partial charge in [0.1, 0.15) is 5.60 Å². The van der Waals surface area contributed by atoms with Crippen molar-refractivity contribution in [2.45, 2.75) is 58.2 Å². The molecule has 1 aromatic rings. The lowest BCUT2D eigenvalue weighted by atomic mass is 10.2. The summed E-state index contributed by atoms with van der Waals surface area (Å²) in [6.45, 7) is 9.42. The Hall–Kier alpha value is -1.49. The van der Waals surface area contributed by atoms with Gasteiger partial charge in [0.2, 0.25) is 0 Å². The van der Waals surface area contributed by atoms with Crippen LogP contribution in [-0.4, -0.2) is 40.7 Å². The first-order valence-electron chi connectivity index (χ1n) is 7.73. The van der Waals surface area contributed by atoms with Gasteiger partial charge in [0.05, 0.1) is 0 Å². The van der Waals surface area contributed by atoms with Crippen molar-refractivity contribution in [2.24, 2.45) is 0 Å². The Kier molecular flexibility index (Phi) is 4.93. The van der Waals surface area contributed by atoms with Crippen LogP contribution in [-0.2, 0) is 4.74 Å². The Morgan fingerprint density at radius 1 is 1.57 bits per heavy atom. The van der Waals surface area contributed by atoms with Crippen LogP contribution in [0, 0.1) is 0 Å². The molecular formula is C16H27N3O2. The van der Waals surface area contributed by atoms with Crippen molar-refractivity contribution < 1.29 is 9.53 Å². The number of carbonyl (C=O) groups is 1. The number of hydrogen-bond donors (Lipinski definition) is 2. The van der Waals surface area contributed by atoms with Gasteiger partial charge in [0.25, 0.3) is 0 Å². The van der Waals surface area contributed by atoms with E-state index in [2.05, 4.69) is 23.3 Å². The van der Waals surface area contributed by atoms with Gasteiger partial charge in [-0.3, -0.25) is 0 Å². The van der Waals surface area contributed by atoms with E-state index >= 15 is 0 Å². The van der Waals surface area contributed by atoms with Gasteiger partial charge < -0.3 is 19.9 Å². The lowest BCUT2D eigenvalue weighted by molar-refractivity contribution is 0.0225. The van der Waals surface area contributed by atoms with Crippen LogP contribution in [0.15, 0.2) is 18.3 Å². The average Bonchev–Trinajstić information content (AvgIpc) is 3.04. The molecule has 0 spiro atoms. The zero-order valence-electron chi connectivity index (χ0n) is 13.5. The van der Waals surface area contributed by atoms with Crippen molar-refractivity contribution >= 4 is 6.09 Å². The molecule has 0 saturated carbocycles. The first-order chi connectivity index (χ1) is 9.87. The SMILES string of the molecule is C[C@H](NC[C@@H]1CCCN1C(=O)OC(C)(C)C)c1ccc[nH]1. The molecule has 1 aliphatic rings. The first-order valence-corrected chi connectivity index (χ1v) is 7.73.